The van der Waals surface area contributed by atoms with Crippen LogP contribution in [0.15, 0.2) is 42.9 Å². The number of para-hydroxylation sites is 1. The minimum Gasteiger partial charge on any atom is -0.350 e. The Bertz CT molecular complexity index is 849. The van der Waals surface area contributed by atoms with Gasteiger partial charge < -0.3 is 9.13 Å². The molecule has 0 fully saturated rings. The average Bonchev–Trinajstić information content (AvgIpc) is 3.10. The summed E-state index contributed by atoms with van der Waals surface area (Å²) in [5.74, 6) is 1.19. The summed E-state index contributed by atoms with van der Waals surface area (Å²) in [6.45, 7) is 7.07. The molecule has 4 heteroatoms. The first-order valence-electron chi connectivity index (χ1n) is 7.97. The minimum absolute atomic E-state index is 0.0218. The molecule has 2 heterocycles. The molecule has 0 N–H and O–H groups in total. The molecule has 0 bridgehead atoms. The molecule has 3 aromatic rings. The van der Waals surface area contributed by atoms with E-state index >= 15 is 0 Å². The summed E-state index contributed by atoms with van der Waals surface area (Å²) < 4.78 is 4.10. The van der Waals surface area contributed by atoms with Crippen molar-refractivity contribution in [1.82, 2.24) is 14.1 Å². The fraction of sp³-hybridized carbons (Fsp3) is 0.368. The highest BCUT2D eigenvalue weighted by Gasteiger charge is 2.20. The molecule has 120 valence electrons. The number of aryl methyl sites for hydroxylation is 2. The SMILES string of the molecule is Cn1cc(C(=O)CCn2ccnc2C(C)(C)C)c2ccccc21. The van der Waals surface area contributed by atoms with Gasteiger partial charge in [-0.25, -0.2) is 4.98 Å². The van der Waals surface area contributed by atoms with Crippen LogP contribution in [0.5, 0.6) is 0 Å². The Balaban J connectivity index is 1.81. The van der Waals surface area contributed by atoms with Crippen molar-refractivity contribution >= 4 is 16.7 Å². The largest absolute Gasteiger partial charge is 0.350 e. The van der Waals surface area contributed by atoms with Crippen LogP contribution in [-0.2, 0) is 19.0 Å². The highest BCUT2D eigenvalue weighted by molar-refractivity contribution is 6.08. The molecule has 0 unspecified atom stereocenters. The molecule has 0 saturated carbocycles. The van der Waals surface area contributed by atoms with E-state index in [0.717, 1.165) is 22.3 Å². The number of hydrogen-bond acceptors (Lipinski definition) is 2. The normalized spacial score (nSPS) is 12.0. The number of ketones is 1. The molecule has 1 aromatic carbocycles. The number of rotatable bonds is 4. The van der Waals surface area contributed by atoms with Crippen LogP contribution in [0, 0.1) is 0 Å². The smallest absolute Gasteiger partial charge is 0.166 e. The van der Waals surface area contributed by atoms with Crippen LogP contribution in [0.4, 0.5) is 0 Å². The first-order chi connectivity index (χ1) is 10.9. The summed E-state index contributed by atoms with van der Waals surface area (Å²) in [6.07, 6.45) is 6.18. The molecule has 3 rings (SSSR count). The van der Waals surface area contributed by atoms with E-state index in [4.69, 9.17) is 0 Å². The Morgan fingerprint density at radius 1 is 1.22 bits per heavy atom. The topological polar surface area (TPSA) is 39.8 Å². The molecule has 0 atom stereocenters. The fourth-order valence-electron chi connectivity index (χ4n) is 3.05. The summed E-state index contributed by atoms with van der Waals surface area (Å²) in [6, 6.07) is 8.03. The summed E-state index contributed by atoms with van der Waals surface area (Å²) in [5.41, 5.74) is 1.88. The Hall–Kier alpha value is -2.36. The van der Waals surface area contributed by atoms with Gasteiger partial charge in [0.1, 0.15) is 5.82 Å². The lowest BCUT2D eigenvalue weighted by Crippen LogP contribution is -2.19. The van der Waals surface area contributed by atoms with Crippen LogP contribution in [0.2, 0.25) is 0 Å². The summed E-state index contributed by atoms with van der Waals surface area (Å²) >= 11 is 0. The van der Waals surface area contributed by atoms with Crippen LogP contribution >= 0.6 is 0 Å². The van der Waals surface area contributed by atoms with Gasteiger partial charge in [0.05, 0.1) is 0 Å². The highest BCUT2D eigenvalue weighted by Crippen LogP contribution is 2.23. The number of nitrogens with zero attached hydrogens (tertiary/aromatic N) is 3. The molecule has 0 radical (unpaired) electrons. The van der Waals surface area contributed by atoms with Crippen molar-refractivity contribution in [3.63, 3.8) is 0 Å². The van der Waals surface area contributed by atoms with E-state index in [9.17, 15) is 4.79 Å². The molecular weight excluding hydrogens is 286 g/mol. The number of carbonyl (C=O) groups excluding carboxylic acids is 1. The second-order valence-corrected chi connectivity index (χ2v) is 7.04. The zero-order chi connectivity index (χ0) is 16.6. The zero-order valence-electron chi connectivity index (χ0n) is 14.2. The van der Waals surface area contributed by atoms with Gasteiger partial charge in [-0.15, -0.1) is 0 Å². The maximum Gasteiger partial charge on any atom is 0.166 e. The first-order valence-corrected chi connectivity index (χ1v) is 7.97. The number of aromatic nitrogens is 3. The monoisotopic (exact) mass is 309 g/mol. The molecule has 23 heavy (non-hydrogen) atoms. The summed E-state index contributed by atoms with van der Waals surface area (Å²) in [4.78, 5) is 17.1. The van der Waals surface area contributed by atoms with Gasteiger partial charge in [-0.1, -0.05) is 39.0 Å². The van der Waals surface area contributed by atoms with Crippen LogP contribution in [0.3, 0.4) is 0 Å². The maximum atomic E-state index is 12.7. The third-order valence-corrected chi connectivity index (χ3v) is 4.16. The van der Waals surface area contributed by atoms with Crippen LogP contribution in [0.1, 0.15) is 43.4 Å². The molecule has 0 saturated heterocycles. The van der Waals surface area contributed by atoms with Gasteiger partial charge >= 0.3 is 0 Å². The molecule has 2 aromatic heterocycles. The first kappa shape index (κ1) is 15.5. The van der Waals surface area contributed by atoms with E-state index in [1.165, 1.54) is 0 Å². The van der Waals surface area contributed by atoms with Gasteiger partial charge in [0.15, 0.2) is 5.78 Å². The van der Waals surface area contributed by atoms with Crippen molar-refractivity contribution in [2.75, 3.05) is 0 Å². The van der Waals surface area contributed by atoms with E-state index in [0.29, 0.717) is 13.0 Å². The van der Waals surface area contributed by atoms with E-state index in [-0.39, 0.29) is 11.2 Å². The number of imidazole rings is 1. The summed E-state index contributed by atoms with van der Waals surface area (Å²) in [7, 11) is 1.98. The highest BCUT2D eigenvalue weighted by atomic mass is 16.1. The molecule has 4 nitrogen and oxygen atoms in total. The lowest BCUT2D eigenvalue weighted by molar-refractivity contribution is 0.0978. The number of Topliss-reactive ketones (excluding diaryl/α,β-unsaturated/α-hetero) is 1. The molecule has 0 aliphatic carbocycles. The zero-order valence-corrected chi connectivity index (χ0v) is 14.2. The molecule has 0 spiro atoms. The van der Waals surface area contributed by atoms with Gasteiger partial charge in [-0.05, 0) is 6.07 Å². The summed E-state index contributed by atoms with van der Waals surface area (Å²) in [5, 5.41) is 1.03. The Labute approximate surface area is 136 Å². The van der Waals surface area contributed by atoms with Crippen LogP contribution < -0.4 is 0 Å². The molecule has 0 aliphatic heterocycles. The predicted octanol–water partition coefficient (Wildman–Crippen LogP) is 3.95. The van der Waals surface area contributed by atoms with Crippen molar-refractivity contribution in [2.45, 2.75) is 39.2 Å². The van der Waals surface area contributed by atoms with Gasteiger partial charge in [0, 0.05) is 60.5 Å². The molecular formula is C19H23N3O. The maximum absolute atomic E-state index is 12.7. The van der Waals surface area contributed by atoms with Crippen molar-refractivity contribution in [1.29, 1.82) is 0 Å². The average molecular weight is 309 g/mol. The van der Waals surface area contributed by atoms with Gasteiger partial charge in [0.25, 0.3) is 0 Å². The van der Waals surface area contributed by atoms with Gasteiger partial charge in [0.2, 0.25) is 0 Å². The van der Waals surface area contributed by atoms with E-state index < -0.39 is 0 Å². The third kappa shape index (κ3) is 2.93. The Morgan fingerprint density at radius 3 is 2.70 bits per heavy atom. The van der Waals surface area contributed by atoms with Gasteiger partial charge in [-0.3, -0.25) is 4.79 Å². The van der Waals surface area contributed by atoms with E-state index in [1.54, 1.807) is 0 Å². The molecule has 0 amide bonds. The lowest BCUT2D eigenvalue weighted by atomic mass is 9.95. The van der Waals surface area contributed by atoms with Crippen molar-refractivity contribution in [2.24, 2.45) is 7.05 Å². The standard InChI is InChI=1S/C19H23N3O/c1-19(2,3)18-20-10-12-22(18)11-9-17(23)15-13-21(4)16-8-6-5-7-14(15)16/h5-8,10,12-13H,9,11H2,1-4H3. The number of benzene rings is 1. The van der Waals surface area contributed by atoms with Crippen molar-refractivity contribution < 1.29 is 4.79 Å². The quantitative estimate of drug-likeness (QED) is 0.685. The van der Waals surface area contributed by atoms with Crippen molar-refractivity contribution in [3.05, 3.63) is 54.2 Å². The van der Waals surface area contributed by atoms with Gasteiger partial charge in [-0.2, -0.15) is 0 Å². The predicted molar refractivity (Wildman–Crippen MR) is 92.8 cm³/mol. The minimum atomic E-state index is -0.0218. The van der Waals surface area contributed by atoms with Crippen molar-refractivity contribution in [3.8, 4) is 0 Å². The number of fused-ring (bicyclic) bond motifs is 1. The van der Waals surface area contributed by atoms with Crippen LogP contribution in [-0.4, -0.2) is 19.9 Å². The van der Waals surface area contributed by atoms with E-state index in [2.05, 4.69) is 30.3 Å². The Morgan fingerprint density at radius 2 is 1.96 bits per heavy atom. The lowest BCUT2D eigenvalue weighted by Gasteiger charge is -2.19. The van der Waals surface area contributed by atoms with E-state index in [1.807, 2.05) is 54.5 Å². The third-order valence-electron chi connectivity index (χ3n) is 4.16. The number of hydrogen-bond donors (Lipinski definition) is 0. The fourth-order valence-corrected chi connectivity index (χ4v) is 3.05. The number of carbonyl (C=O) groups is 1. The Kier molecular flexibility index (Phi) is 3.84. The van der Waals surface area contributed by atoms with Crippen LogP contribution in [0.25, 0.3) is 10.9 Å². The second kappa shape index (κ2) is 5.69. The molecule has 0 aliphatic rings. The second-order valence-electron chi connectivity index (χ2n) is 7.04.